The van der Waals surface area contributed by atoms with Gasteiger partial charge in [-0.2, -0.15) is 0 Å². The van der Waals surface area contributed by atoms with Gasteiger partial charge in [-0.3, -0.25) is 4.90 Å². The average Bonchev–Trinajstić information content (AvgIpc) is 3.24. The van der Waals surface area contributed by atoms with Crippen molar-refractivity contribution in [2.75, 3.05) is 18.4 Å². The van der Waals surface area contributed by atoms with Crippen LogP contribution in [0.2, 0.25) is 0 Å². The summed E-state index contributed by atoms with van der Waals surface area (Å²) in [7, 11) is 0. The van der Waals surface area contributed by atoms with Crippen molar-refractivity contribution in [3.63, 3.8) is 0 Å². The number of nitro groups is 1. The predicted octanol–water partition coefficient (Wildman–Crippen LogP) is 2.56. The molecule has 0 amide bonds. The second-order valence-corrected chi connectivity index (χ2v) is 7.18. The second-order valence-electron chi connectivity index (χ2n) is 6.18. The lowest BCUT2D eigenvalue weighted by Gasteiger charge is -2.32. The van der Waals surface area contributed by atoms with E-state index in [-0.39, 0.29) is 5.82 Å². The number of aromatic nitrogens is 3. The van der Waals surface area contributed by atoms with Gasteiger partial charge in [0.1, 0.15) is 6.20 Å². The molecule has 9 heteroatoms. The van der Waals surface area contributed by atoms with Gasteiger partial charge in [0.15, 0.2) is 5.82 Å². The van der Waals surface area contributed by atoms with E-state index in [1.807, 2.05) is 11.3 Å². The minimum atomic E-state index is -0.481. The summed E-state index contributed by atoms with van der Waals surface area (Å²) in [6, 6.07) is 6.07. The highest BCUT2D eigenvalue weighted by molar-refractivity contribution is 7.10. The van der Waals surface area contributed by atoms with Gasteiger partial charge < -0.3 is 15.4 Å². The summed E-state index contributed by atoms with van der Waals surface area (Å²) in [5.41, 5.74) is 1.89. The van der Waals surface area contributed by atoms with Crippen LogP contribution in [0.4, 0.5) is 11.6 Å². The van der Waals surface area contributed by atoms with Gasteiger partial charge in [0.25, 0.3) is 0 Å². The smallest absolute Gasteiger partial charge is 0.365 e. The number of hydrogen-bond donors (Lipinski definition) is 1. The van der Waals surface area contributed by atoms with E-state index in [1.165, 1.54) is 21.2 Å². The van der Waals surface area contributed by atoms with E-state index >= 15 is 0 Å². The number of imidazole rings is 1. The topological polar surface area (TPSA) is 88.6 Å². The average molecular weight is 358 g/mol. The van der Waals surface area contributed by atoms with E-state index in [0.717, 1.165) is 26.1 Å². The normalized spacial score (nSPS) is 15.9. The van der Waals surface area contributed by atoms with Crippen LogP contribution in [0.3, 0.4) is 0 Å². The zero-order valence-corrected chi connectivity index (χ0v) is 14.6. The van der Waals surface area contributed by atoms with Gasteiger partial charge in [0, 0.05) is 36.6 Å². The van der Waals surface area contributed by atoms with E-state index in [4.69, 9.17) is 0 Å². The fraction of sp³-hybridized carbons (Fsp3) is 0.375. The maximum absolute atomic E-state index is 11.0. The monoisotopic (exact) mass is 358 g/mol. The van der Waals surface area contributed by atoms with Crippen molar-refractivity contribution in [1.82, 2.24) is 19.5 Å². The Bertz CT molecular complexity index is 920. The van der Waals surface area contributed by atoms with E-state index < -0.39 is 4.92 Å². The molecule has 1 unspecified atom stereocenters. The molecule has 1 atom stereocenters. The first-order valence-corrected chi connectivity index (χ1v) is 9.02. The van der Waals surface area contributed by atoms with Crippen molar-refractivity contribution in [1.29, 1.82) is 0 Å². The third-order valence-corrected chi connectivity index (χ3v) is 5.59. The molecule has 3 aromatic rings. The van der Waals surface area contributed by atoms with Crippen LogP contribution in [0.1, 0.15) is 17.4 Å². The quantitative estimate of drug-likeness (QED) is 0.557. The molecule has 8 nitrogen and oxygen atoms in total. The Hall–Kier alpha value is -2.52. The molecule has 0 fully saturated rings. The lowest BCUT2D eigenvalue weighted by molar-refractivity contribution is -0.391. The summed E-state index contributed by atoms with van der Waals surface area (Å²) in [6.07, 6.45) is 2.32. The molecule has 4 heterocycles. The molecule has 3 aromatic heterocycles. The van der Waals surface area contributed by atoms with Gasteiger partial charge in [0.05, 0.1) is 0 Å². The molecule has 0 radical (unpaired) electrons. The molecule has 0 spiro atoms. The van der Waals surface area contributed by atoms with Crippen LogP contribution in [0.25, 0.3) is 5.65 Å². The minimum Gasteiger partial charge on any atom is -0.365 e. The van der Waals surface area contributed by atoms with Crippen molar-refractivity contribution in [2.45, 2.75) is 25.9 Å². The molecule has 0 saturated carbocycles. The highest BCUT2D eigenvalue weighted by atomic mass is 32.1. The summed E-state index contributed by atoms with van der Waals surface area (Å²) in [5, 5.41) is 20.7. The zero-order valence-electron chi connectivity index (χ0n) is 13.8. The van der Waals surface area contributed by atoms with E-state index in [1.54, 1.807) is 12.1 Å². The number of nitrogens with zero attached hydrogens (tertiary/aromatic N) is 5. The third-order valence-electron chi connectivity index (χ3n) is 4.57. The van der Waals surface area contributed by atoms with Crippen LogP contribution >= 0.6 is 11.3 Å². The molecule has 0 aromatic carbocycles. The van der Waals surface area contributed by atoms with Crippen LogP contribution in [0.5, 0.6) is 0 Å². The first kappa shape index (κ1) is 16.0. The lowest BCUT2D eigenvalue weighted by Crippen LogP contribution is -2.40. The highest BCUT2D eigenvalue weighted by Gasteiger charge is 2.22. The number of thiophene rings is 1. The van der Waals surface area contributed by atoms with Crippen molar-refractivity contribution < 1.29 is 4.92 Å². The molecule has 4 rings (SSSR count). The number of anilines is 1. The fourth-order valence-corrected chi connectivity index (χ4v) is 4.00. The number of nitrogens with one attached hydrogen (secondary N) is 1. The third kappa shape index (κ3) is 3.08. The molecule has 1 N–H and O–H groups in total. The maximum atomic E-state index is 11.0. The molecule has 0 aliphatic carbocycles. The maximum Gasteiger partial charge on any atom is 0.368 e. The molecular formula is C16H18N6O2S. The van der Waals surface area contributed by atoms with Crippen LogP contribution in [-0.4, -0.2) is 43.6 Å². The van der Waals surface area contributed by atoms with Gasteiger partial charge in [-0.25, -0.2) is 4.98 Å². The van der Waals surface area contributed by atoms with Crippen LogP contribution in [0.15, 0.2) is 29.8 Å². The molecule has 1 aliphatic rings. The molecule has 130 valence electrons. The standard InChI is InChI=1S/C16H18N6O2S/c1-11(20-6-4-13-12(10-20)5-7-25-13)8-17-14-2-3-15-18-9-16(22(23)24)21(15)19-14/h2-3,5,7,9,11H,4,6,8,10H2,1H3,(H,17,19). The Kier molecular flexibility index (Phi) is 4.10. The van der Waals surface area contributed by atoms with E-state index in [9.17, 15) is 10.1 Å². The van der Waals surface area contributed by atoms with Gasteiger partial charge >= 0.3 is 5.82 Å². The summed E-state index contributed by atoms with van der Waals surface area (Å²) in [4.78, 5) is 18.5. The Labute approximate surface area is 148 Å². The van der Waals surface area contributed by atoms with Crippen molar-refractivity contribution in [2.24, 2.45) is 0 Å². The largest absolute Gasteiger partial charge is 0.368 e. The summed E-state index contributed by atoms with van der Waals surface area (Å²) in [5.74, 6) is 0.474. The number of rotatable bonds is 5. The number of hydrogen-bond acceptors (Lipinski definition) is 7. The van der Waals surface area contributed by atoms with Gasteiger partial charge in [-0.05, 0) is 41.3 Å². The SMILES string of the molecule is CC(CNc1ccc2ncc([N+](=O)[O-])n2n1)N1CCc2sccc2C1. The van der Waals surface area contributed by atoms with Crippen molar-refractivity contribution >= 4 is 28.6 Å². The Morgan fingerprint density at radius 1 is 1.44 bits per heavy atom. The van der Waals surface area contributed by atoms with E-state index in [0.29, 0.717) is 17.5 Å². The Balaban J connectivity index is 1.43. The predicted molar refractivity (Wildman–Crippen MR) is 96.0 cm³/mol. The summed E-state index contributed by atoms with van der Waals surface area (Å²) >= 11 is 1.84. The lowest BCUT2D eigenvalue weighted by atomic mass is 10.1. The number of fused-ring (bicyclic) bond motifs is 2. The van der Waals surface area contributed by atoms with Crippen LogP contribution < -0.4 is 5.32 Å². The molecule has 0 saturated heterocycles. The van der Waals surface area contributed by atoms with E-state index in [2.05, 4.69) is 38.7 Å². The first-order valence-electron chi connectivity index (χ1n) is 8.14. The van der Waals surface area contributed by atoms with Gasteiger partial charge in [0.2, 0.25) is 5.65 Å². The first-order chi connectivity index (χ1) is 12.1. The van der Waals surface area contributed by atoms with Crippen LogP contribution in [0, 0.1) is 10.1 Å². The highest BCUT2D eigenvalue weighted by Crippen LogP contribution is 2.25. The molecular weight excluding hydrogens is 340 g/mol. The molecule has 25 heavy (non-hydrogen) atoms. The Morgan fingerprint density at radius 2 is 2.32 bits per heavy atom. The van der Waals surface area contributed by atoms with Gasteiger partial charge in [-0.15, -0.1) is 11.3 Å². The second kappa shape index (κ2) is 6.41. The molecule has 1 aliphatic heterocycles. The fourth-order valence-electron chi connectivity index (χ4n) is 3.11. The minimum absolute atomic E-state index is 0.132. The zero-order chi connectivity index (χ0) is 17.4. The Morgan fingerprint density at radius 3 is 3.16 bits per heavy atom. The summed E-state index contributed by atoms with van der Waals surface area (Å²) in [6.45, 7) is 4.93. The van der Waals surface area contributed by atoms with Crippen molar-refractivity contribution in [3.8, 4) is 0 Å². The summed E-state index contributed by atoms with van der Waals surface area (Å²) < 4.78 is 1.26. The molecule has 0 bridgehead atoms. The van der Waals surface area contributed by atoms with Crippen molar-refractivity contribution in [3.05, 3.63) is 50.3 Å². The van der Waals surface area contributed by atoms with Crippen LogP contribution in [-0.2, 0) is 13.0 Å². The van der Waals surface area contributed by atoms with Gasteiger partial charge in [-0.1, -0.05) is 9.61 Å².